The topological polar surface area (TPSA) is 66.7 Å². The molecule has 2 aliphatic heterocycles. The van der Waals surface area contributed by atoms with E-state index >= 15 is 0 Å². The molecular formula is C20H23N3O3. The van der Waals surface area contributed by atoms with Crippen molar-refractivity contribution in [1.82, 2.24) is 14.8 Å². The molecule has 4 rings (SSSR count). The minimum Gasteiger partial charge on any atom is -0.469 e. The summed E-state index contributed by atoms with van der Waals surface area (Å²) >= 11 is 0. The molecule has 6 nitrogen and oxygen atoms in total. The standard InChI is InChI=1S/C20H23N3O3/c1-15-17(5-11-26-15)18(24)23-9-3-6-20(14-23)7-10-22(19(20)25)13-16-4-2-8-21-12-16/h2,4-5,8,11-12H,3,6-7,9-10,13-14H2,1H3/t20-/m0/s1. The molecule has 136 valence electrons. The summed E-state index contributed by atoms with van der Waals surface area (Å²) in [4.78, 5) is 33.9. The highest BCUT2D eigenvalue weighted by molar-refractivity contribution is 5.96. The molecule has 26 heavy (non-hydrogen) atoms. The van der Waals surface area contributed by atoms with Gasteiger partial charge in [0.15, 0.2) is 0 Å². The smallest absolute Gasteiger partial charge is 0.257 e. The lowest BCUT2D eigenvalue weighted by molar-refractivity contribution is -0.138. The number of aryl methyl sites for hydroxylation is 1. The predicted molar refractivity (Wildman–Crippen MR) is 95.3 cm³/mol. The number of aromatic nitrogens is 1. The minimum absolute atomic E-state index is 0.0335. The van der Waals surface area contributed by atoms with E-state index in [1.54, 1.807) is 31.6 Å². The van der Waals surface area contributed by atoms with E-state index in [4.69, 9.17) is 4.42 Å². The number of carbonyl (C=O) groups is 2. The Hall–Kier alpha value is -2.63. The summed E-state index contributed by atoms with van der Waals surface area (Å²) in [5.41, 5.74) is 1.20. The Kier molecular flexibility index (Phi) is 4.26. The molecule has 2 amide bonds. The van der Waals surface area contributed by atoms with E-state index in [0.717, 1.165) is 31.4 Å². The average Bonchev–Trinajstić information content (AvgIpc) is 3.21. The summed E-state index contributed by atoms with van der Waals surface area (Å²) in [6.45, 7) is 4.31. The van der Waals surface area contributed by atoms with Gasteiger partial charge >= 0.3 is 0 Å². The third kappa shape index (κ3) is 2.89. The maximum atomic E-state index is 13.2. The van der Waals surface area contributed by atoms with Gasteiger partial charge in [0, 0.05) is 38.6 Å². The number of pyridine rings is 1. The lowest BCUT2D eigenvalue weighted by atomic mass is 9.78. The van der Waals surface area contributed by atoms with Crippen molar-refractivity contribution in [2.75, 3.05) is 19.6 Å². The number of hydrogen-bond donors (Lipinski definition) is 0. The Balaban J connectivity index is 1.49. The fourth-order valence-corrected chi connectivity index (χ4v) is 4.22. The van der Waals surface area contributed by atoms with Gasteiger partial charge in [-0.05, 0) is 43.9 Å². The van der Waals surface area contributed by atoms with Crippen LogP contribution in [0.15, 0.2) is 41.3 Å². The van der Waals surface area contributed by atoms with E-state index in [9.17, 15) is 9.59 Å². The highest BCUT2D eigenvalue weighted by atomic mass is 16.3. The Morgan fingerprint density at radius 1 is 1.31 bits per heavy atom. The molecular weight excluding hydrogens is 330 g/mol. The predicted octanol–water partition coefficient (Wildman–Crippen LogP) is 2.64. The van der Waals surface area contributed by atoms with Crippen molar-refractivity contribution >= 4 is 11.8 Å². The van der Waals surface area contributed by atoms with Gasteiger partial charge in [-0.2, -0.15) is 0 Å². The number of nitrogens with zero attached hydrogens (tertiary/aromatic N) is 3. The van der Waals surface area contributed by atoms with Gasteiger partial charge in [-0.3, -0.25) is 14.6 Å². The Morgan fingerprint density at radius 2 is 2.19 bits per heavy atom. The van der Waals surface area contributed by atoms with Crippen molar-refractivity contribution in [3.05, 3.63) is 53.7 Å². The number of carbonyl (C=O) groups excluding carboxylic acids is 2. The van der Waals surface area contributed by atoms with Crippen molar-refractivity contribution in [1.29, 1.82) is 0 Å². The van der Waals surface area contributed by atoms with Crippen LogP contribution in [-0.2, 0) is 11.3 Å². The number of furan rings is 1. The van der Waals surface area contributed by atoms with Gasteiger partial charge in [-0.1, -0.05) is 6.07 Å². The molecule has 0 aliphatic carbocycles. The molecule has 2 saturated heterocycles. The molecule has 6 heteroatoms. The molecule has 1 atom stereocenters. The third-order valence-corrected chi connectivity index (χ3v) is 5.65. The van der Waals surface area contributed by atoms with Crippen molar-refractivity contribution in [2.24, 2.45) is 5.41 Å². The molecule has 2 fully saturated rings. The van der Waals surface area contributed by atoms with Gasteiger partial charge in [0.2, 0.25) is 5.91 Å². The molecule has 0 saturated carbocycles. The Labute approximate surface area is 152 Å². The third-order valence-electron chi connectivity index (χ3n) is 5.65. The summed E-state index contributed by atoms with van der Waals surface area (Å²) in [6, 6.07) is 5.59. The molecule has 4 heterocycles. The van der Waals surface area contributed by atoms with Gasteiger partial charge in [0.25, 0.3) is 5.91 Å². The second-order valence-corrected chi connectivity index (χ2v) is 7.34. The first-order valence-electron chi connectivity index (χ1n) is 9.11. The van der Waals surface area contributed by atoms with Gasteiger partial charge in [0.1, 0.15) is 5.76 Å². The van der Waals surface area contributed by atoms with E-state index in [2.05, 4.69) is 4.98 Å². The monoisotopic (exact) mass is 353 g/mol. The van der Waals surface area contributed by atoms with Gasteiger partial charge in [-0.15, -0.1) is 0 Å². The molecule has 0 radical (unpaired) electrons. The maximum Gasteiger partial charge on any atom is 0.257 e. The van der Waals surface area contributed by atoms with E-state index in [0.29, 0.717) is 31.0 Å². The summed E-state index contributed by atoms with van der Waals surface area (Å²) in [5.74, 6) is 0.766. The fraction of sp³-hybridized carbons (Fsp3) is 0.450. The van der Waals surface area contributed by atoms with Gasteiger partial charge in [0.05, 0.1) is 17.2 Å². The fourth-order valence-electron chi connectivity index (χ4n) is 4.22. The second-order valence-electron chi connectivity index (χ2n) is 7.34. The average molecular weight is 353 g/mol. The summed E-state index contributed by atoms with van der Waals surface area (Å²) in [5, 5.41) is 0. The van der Waals surface area contributed by atoms with E-state index in [1.807, 2.05) is 21.9 Å². The molecule has 0 aromatic carbocycles. The highest BCUT2D eigenvalue weighted by Gasteiger charge is 2.49. The van der Waals surface area contributed by atoms with Crippen LogP contribution < -0.4 is 0 Å². The first-order valence-corrected chi connectivity index (χ1v) is 9.11. The number of hydrogen-bond acceptors (Lipinski definition) is 4. The maximum absolute atomic E-state index is 13.2. The molecule has 2 aliphatic rings. The first kappa shape index (κ1) is 16.8. The van der Waals surface area contributed by atoms with Crippen molar-refractivity contribution in [3.63, 3.8) is 0 Å². The zero-order chi connectivity index (χ0) is 18.1. The van der Waals surface area contributed by atoms with Crippen LogP contribution in [0.4, 0.5) is 0 Å². The van der Waals surface area contributed by atoms with Gasteiger partial charge in [-0.25, -0.2) is 0 Å². The zero-order valence-corrected chi connectivity index (χ0v) is 15.0. The van der Waals surface area contributed by atoms with Crippen LogP contribution in [-0.4, -0.2) is 46.2 Å². The normalized spacial score (nSPS) is 23.0. The van der Waals surface area contributed by atoms with Crippen LogP contribution in [0.5, 0.6) is 0 Å². The number of amides is 2. The Bertz CT molecular complexity index is 817. The van der Waals surface area contributed by atoms with Crippen molar-refractivity contribution < 1.29 is 14.0 Å². The van der Waals surface area contributed by atoms with E-state index in [-0.39, 0.29) is 11.8 Å². The van der Waals surface area contributed by atoms with Crippen LogP contribution in [0.3, 0.4) is 0 Å². The zero-order valence-electron chi connectivity index (χ0n) is 15.0. The summed E-state index contributed by atoms with van der Waals surface area (Å²) < 4.78 is 5.27. The minimum atomic E-state index is -0.437. The quantitative estimate of drug-likeness (QED) is 0.851. The largest absolute Gasteiger partial charge is 0.469 e. The van der Waals surface area contributed by atoms with E-state index < -0.39 is 5.41 Å². The summed E-state index contributed by atoms with van der Waals surface area (Å²) in [6.07, 6.45) is 7.59. The molecule has 2 aromatic heterocycles. The molecule has 2 aromatic rings. The molecule has 0 bridgehead atoms. The van der Waals surface area contributed by atoms with E-state index in [1.165, 1.54) is 0 Å². The number of likely N-dealkylation sites (tertiary alicyclic amines) is 2. The number of piperidine rings is 1. The summed E-state index contributed by atoms with van der Waals surface area (Å²) in [7, 11) is 0. The van der Waals surface area contributed by atoms with Crippen LogP contribution in [0.1, 0.15) is 40.9 Å². The lowest BCUT2D eigenvalue weighted by Gasteiger charge is -2.39. The first-order chi connectivity index (χ1) is 12.6. The van der Waals surface area contributed by atoms with Crippen LogP contribution in [0.25, 0.3) is 0 Å². The Morgan fingerprint density at radius 3 is 2.92 bits per heavy atom. The van der Waals surface area contributed by atoms with Crippen LogP contribution in [0, 0.1) is 12.3 Å². The van der Waals surface area contributed by atoms with Crippen LogP contribution in [0.2, 0.25) is 0 Å². The molecule has 0 N–H and O–H groups in total. The van der Waals surface area contributed by atoms with Crippen molar-refractivity contribution in [2.45, 2.75) is 32.7 Å². The van der Waals surface area contributed by atoms with Crippen molar-refractivity contribution in [3.8, 4) is 0 Å². The molecule has 0 unspecified atom stereocenters. The number of rotatable bonds is 3. The van der Waals surface area contributed by atoms with Crippen LogP contribution >= 0.6 is 0 Å². The SMILES string of the molecule is Cc1occc1C(=O)N1CCC[C@]2(CCN(Cc3cccnc3)C2=O)C1. The lowest BCUT2D eigenvalue weighted by Crippen LogP contribution is -2.49. The van der Waals surface area contributed by atoms with Gasteiger partial charge < -0.3 is 14.2 Å². The molecule has 1 spiro atoms. The second kappa shape index (κ2) is 6.59. The highest BCUT2D eigenvalue weighted by Crippen LogP contribution is 2.41.